The van der Waals surface area contributed by atoms with E-state index in [0.717, 1.165) is 25.0 Å². The Balaban J connectivity index is 1.73. The lowest BCUT2D eigenvalue weighted by Crippen LogP contribution is -2.41. The van der Waals surface area contributed by atoms with Gasteiger partial charge in [-0.15, -0.1) is 11.8 Å². The molecule has 1 aliphatic heterocycles. The van der Waals surface area contributed by atoms with Gasteiger partial charge in [0.1, 0.15) is 6.04 Å². The highest BCUT2D eigenvalue weighted by molar-refractivity contribution is 7.99. The molecule has 1 aromatic carbocycles. The smallest absolute Gasteiger partial charge is 0.328 e. The SMILES string of the molecule is COC(=O)C1CCCN1C(=O)CCCSc1ccccc1. The van der Waals surface area contributed by atoms with Crippen molar-refractivity contribution in [1.82, 2.24) is 4.90 Å². The third-order valence-electron chi connectivity index (χ3n) is 3.59. The Kier molecular flexibility index (Phi) is 6.11. The Morgan fingerprint density at radius 3 is 2.81 bits per heavy atom. The second kappa shape index (κ2) is 8.08. The molecular formula is C16H21NO3S. The molecule has 1 saturated heterocycles. The minimum absolute atomic E-state index is 0.0663. The number of benzene rings is 1. The zero-order valence-electron chi connectivity index (χ0n) is 12.3. The molecule has 1 aromatic rings. The van der Waals surface area contributed by atoms with Crippen LogP contribution in [0.3, 0.4) is 0 Å². The number of rotatable bonds is 6. The monoisotopic (exact) mass is 307 g/mol. The molecule has 0 aliphatic carbocycles. The van der Waals surface area contributed by atoms with Crippen molar-refractivity contribution in [2.75, 3.05) is 19.4 Å². The van der Waals surface area contributed by atoms with Gasteiger partial charge in [-0.2, -0.15) is 0 Å². The molecule has 1 heterocycles. The summed E-state index contributed by atoms with van der Waals surface area (Å²) in [5.74, 6) is 0.683. The molecule has 0 radical (unpaired) electrons. The van der Waals surface area contributed by atoms with Crippen molar-refractivity contribution in [2.24, 2.45) is 0 Å². The van der Waals surface area contributed by atoms with Crippen LogP contribution >= 0.6 is 11.8 Å². The maximum atomic E-state index is 12.2. The highest BCUT2D eigenvalue weighted by atomic mass is 32.2. The molecule has 1 amide bonds. The Morgan fingerprint density at radius 1 is 1.33 bits per heavy atom. The number of carbonyl (C=O) groups excluding carboxylic acids is 2. The standard InChI is InChI=1S/C16H21NO3S/c1-20-16(19)14-9-5-11-17(14)15(18)10-6-12-21-13-7-3-2-4-8-13/h2-4,7-8,14H,5-6,9-12H2,1H3. The van der Waals surface area contributed by atoms with E-state index in [9.17, 15) is 9.59 Å². The number of ether oxygens (including phenoxy) is 1. The maximum absolute atomic E-state index is 12.2. The van der Waals surface area contributed by atoms with Gasteiger partial charge >= 0.3 is 5.97 Å². The van der Waals surface area contributed by atoms with E-state index < -0.39 is 0 Å². The molecular weight excluding hydrogens is 286 g/mol. The van der Waals surface area contributed by atoms with Crippen LogP contribution in [0.5, 0.6) is 0 Å². The lowest BCUT2D eigenvalue weighted by atomic mass is 10.2. The first-order chi connectivity index (χ1) is 10.2. The van der Waals surface area contributed by atoms with E-state index in [1.54, 1.807) is 16.7 Å². The first-order valence-electron chi connectivity index (χ1n) is 7.27. The molecule has 4 nitrogen and oxygen atoms in total. The van der Waals surface area contributed by atoms with Crippen LogP contribution in [0.25, 0.3) is 0 Å². The topological polar surface area (TPSA) is 46.6 Å². The van der Waals surface area contributed by atoms with Crippen molar-refractivity contribution in [2.45, 2.75) is 36.6 Å². The van der Waals surface area contributed by atoms with Gasteiger partial charge in [0.25, 0.3) is 0 Å². The average Bonchev–Trinajstić information content (AvgIpc) is 3.01. The van der Waals surface area contributed by atoms with Crippen molar-refractivity contribution in [1.29, 1.82) is 0 Å². The average molecular weight is 307 g/mol. The molecule has 1 aliphatic rings. The predicted octanol–water partition coefficient (Wildman–Crippen LogP) is 2.72. The van der Waals surface area contributed by atoms with Crippen LogP contribution in [0.1, 0.15) is 25.7 Å². The summed E-state index contributed by atoms with van der Waals surface area (Å²) in [6.45, 7) is 0.671. The van der Waals surface area contributed by atoms with E-state index in [0.29, 0.717) is 13.0 Å². The normalized spacial score (nSPS) is 17.8. The summed E-state index contributed by atoms with van der Waals surface area (Å²) in [7, 11) is 1.37. The highest BCUT2D eigenvalue weighted by Gasteiger charge is 2.34. The summed E-state index contributed by atoms with van der Waals surface area (Å²) in [5, 5.41) is 0. The summed E-state index contributed by atoms with van der Waals surface area (Å²) in [4.78, 5) is 26.7. The molecule has 1 atom stereocenters. The van der Waals surface area contributed by atoms with Gasteiger partial charge in [-0.05, 0) is 37.1 Å². The third-order valence-corrected chi connectivity index (χ3v) is 4.69. The van der Waals surface area contributed by atoms with Crippen LogP contribution < -0.4 is 0 Å². The third kappa shape index (κ3) is 4.49. The molecule has 114 valence electrons. The van der Waals surface area contributed by atoms with Crippen molar-refractivity contribution < 1.29 is 14.3 Å². The van der Waals surface area contributed by atoms with Crippen molar-refractivity contribution in [3.05, 3.63) is 30.3 Å². The van der Waals surface area contributed by atoms with Crippen molar-refractivity contribution >= 4 is 23.6 Å². The Labute approximate surface area is 129 Å². The minimum Gasteiger partial charge on any atom is -0.467 e. The quantitative estimate of drug-likeness (QED) is 0.460. The molecule has 2 rings (SSSR count). The number of thioether (sulfide) groups is 1. The molecule has 5 heteroatoms. The van der Waals surface area contributed by atoms with Gasteiger partial charge in [0.15, 0.2) is 0 Å². The second-order valence-corrected chi connectivity index (χ2v) is 6.20. The Hall–Kier alpha value is -1.49. The largest absolute Gasteiger partial charge is 0.467 e. The maximum Gasteiger partial charge on any atom is 0.328 e. The first kappa shape index (κ1) is 15.9. The fourth-order valence-corrected chi connectivity index (χ4v) is 3.39. The van der Waals surface area contributed by atoms with Gasteiger partial charge in [-0.25, -0.2) is 4.79 Å². The molecule has 1 unspecified atom stereocenters. The second-order valence-electron chi connectivity index (χ2n) is 5.03. The molecule has 0 aromatic heterocycles. The summed E-state index contributed by atoms with van der Waals surface area (Å²) in [6.07, 6.45) is 2.91. The molecule has 0 N–H and O–H groups in total. The lowest BCUT2D eigenvalue weighted by Gasteiger charge is -2.22. The van der Waals surface area contributed by atoms with E-state index in [4.69, 9.17) is 4.74 Å². The number of methoxy groups -OCH3 is 1. The highest BCUT2D eigenvalue weighted by Crippen LogP contribution is 2.22. The van der Waals surface area contributed by atoms with Crippen LogP contribution in [0.4, 0.5) is 0 Å². The molecule has 1 fully saturated rings. The summed E-state index contributed by atoms with van der Waals surface area (Å²) in [5.41, 5.74) is 0. The lowest BCUT2D eigenvalue weighted by molar-refractivity contribution is -0.150. The van der Waals surface area contributed by atoms with Crippen LogP contribution in [-0.4, -0.2) is 42.2 Å². The Morgan fingerprint density at radius 2 is 2.10 bits per heavy atom. The van der Waals surface area contributed by atoms with Gasteiger partial charge in [0.05, 0.1) is 7.11 Å². The number of amides is 1. The van der Waals surface area contributed by atoms with Crippen LogP contribution in [0.15, 0.2) is 35.2 Å². The van der Waals surface area contributed by atoms with Gasteiger partial charge in [-0.1, -0.05) is 18.2 Å². The number of esters is 1. The van der Waals surface area contributed by atoms with Gasteiger partial charge in [-0.3, -0.25) is 4.79 Å². The number of likely N-dealkylation sites (tertiary alicyclic amines) is 1. The number of carbonyl (C=O) groups is 2. The van der Waals surface area contributed by atoms with Crippen LogP contribution in [0.2, 0.25) is 0 Å². The predicted molar refractivity (Wildman–Crippen MR) is 83.2 cm³/mol. The molecule has 0 spiro atoms. The fourth-order valence-electron chi connectivity index (χ4n) is 2.52. The van der Waals surface area contributed by atoms with E-state index in [1.807, 2.05) is 18.2 Å². The number of hydrogen-bond donors (Lipinski definition) is 0. The van der Waals surface area contributed by atoms with Crippen molar-refractivity contribution in [3.63, 3.8) is 0 Å². The minimum atomic E-state index is -0.371. The van der Waals surface area contributed by atoms with E-state index >= 15 is 0 Å². The van der Waals surface area contributed by atoms with Crippen molar-refractivity contribution in [3.8, 4) is 0 Å². The molecule has 21 heavy (non-hydrogen) atoms. The number of nitrogens with zero attached hydrogens (tertiary/aromatic N) is 1. The Bertz CT molecular complexity index is 478. The van der Waals surface area contributed by atoms with E-state index in [2.05, 4.69) is 12.1 Å². The zero-order chi connectivity index (χ0) is 15.1. The van der Waals surface area contributed by atoms with Crippen LogP contribution in [-0.2, 0) is 14.3 Å². The first-order valence-corrected chi connectivity index (χ1v) is 8.26. The molecule has 0 bridgehead atoms. The van der Waals surface area contributed by atoms with Gasteiger partial charge < -0.3 is 9.64 Å². The van der Waals surface area contributed by atoms with E-state index in [-0.39, 0.29) is 17.9 Å². The molecule has 0 saturated carbocycles. The van der Waals surface area contributed by atoms with Gasteiger partial charge in [0.2, 0.25) is 5.91 Å². The fraction of sp³-hybridized carbons (Fsp3) is 0.500. The summed E-state index contributed by atoms with van der Waals surface area (Å²) >= 11 is 1.75. The number of hydrogen-bond acceptors (Lipinski definition) is 4. The van der Waals surface area contributed by atoms with Crippen LogP contribution in [0, 0.1) is 0 Å². The van der Waals surface area contributed by atoms with Gasteiger partial charge in [0, 0.05) is 17.9 Å². The summed E-state index contributed by atoms with van der Waals surface area (Å²) < 4.78 is 4.76. The van der Waals surface area contributed by atoms with E-state index in [1.165, 1.54) is 12.0 Å². The zero-order valence-corrected chi connectivity index (χ0v) is 13.1. The summed E-state index contributed by atoms with van der Waals surface area (Å²) in [6, 6.07) is 9.79.